The highest BCUT2D eigenvalue weighted by molar-refractivity contribution is 8.15. The molecule has 14 heavy (non-hydrogen) atoms. The molecular formula is C11H16N2S. The second-order valence-electron chi connectivity index (χ2n) is 3.59. The second-order valence-corrected chi connectivity index (χ2v) is 4.50. The summed E-state index contributed by atoms with van der Waals surface area (Å²) in [5.74, 6) is 0.479. The number of rotatable bonds is 1. The maximum Gasteiger partial charge on any atom is 0.0944 e. The third-order valence-electron chi connectivity index (χ3n) is 1.94. The molecule has 0 aliphatic carbocycles. The van der Waals surface area contributed by atoms with E-state index in [1.807, 2.05) is 11.8 Å². The van der Waals surface area contributed by atoms with Gasteiger partial charge in [0.25, 0.3) is 0 Å². The van der Waals surface area contributed by atoms with Crippen LogP contribution in [0.1, 0.15) is 20.8 Å². The van der Waals surface area contributed by atoms with Crippen LogP contribution < -0.4 is 0 Å². The lowest BCUT2D eigenvalue weighted by molar-refractivity contribution is 0.788. The minimum absolute atomic E-state index is 0.220. The predicted molar refractivity (Wildman–Crippen MR) is 66.1 cm³/mol. The number of hydrogen-bond acceptors (Lipinski definition) is 3. The van der Waals surface area contributed by atoms with Gasteiger partial charge in [0.2, 0.25) is 0 Å². The lowest BCUT2D eigenvalue weighted by Crippen LogP contribution is -2.01. The first-order valence-electron chi connectivity index (χ1n) is 4.72. The Labute approximate surface area is 89.9 Å². The zero-order chi connectivity index (χ0) is 10.6. The maximum absolute atomic E-state index is 4.35. The molecule has 0 fully saturated rings. The van der Waals surface area contributed by atoms with E-state index in [4.69, 9.17) is 0 Å². The standard InChI is InChI=1S/C11H16N2S/c1-8(2)11-5-9(3)13-7-14-10(4)12-6-11/h5-9H,4H2,1-3H3/b11-5+,12-6?,13-7?. The summed E-state index contributed by atoms with van der Waals surface area (Å²) in [7, 11) is 0. The fraction of sp³-hybridized carbons (Fsp3) is 0.455. The third kappa shape index (κ3) is 3.50. The van der Waals surface area contributed by atoms with Gasteiger partial charge in [-0.15, -0.1) is 0 Å². The van der Waals surface area contributed by atoms with Crippen LogP contribution >= 0.6 is 11.8 Å². The summed E-state index contributed by atoms with van der Waals surface area (Å²) in [6.07, 6.45) is 4.04. The van der Waals surface area contributed by atoms with Gasteiger partial charge >= 0.3 is 0 Å². The Balaban J connectivity index is 2.94. The highest BCUT2D eigenvalue weighted by Gasteiger charge is 2.04. The normalized spacial score (nSPS) is 26.7. The third-order valence-corrected chi connectivity index (χ3v) is 2.55. The molecule has 0 aromatic heterocycles. The van der Waals surface area contributed by atoms with Gasteiger partial charge in [0, 0.05) is 6.21 Å². The molecule has 1 heterocycles. The van der Waals surface area contributed by atoms with Crippen molar-refractivity contribution >= 4 is 23.5 Å². The molecule has 0 N–H and O–H groups in total. The van der Waals surface area contributed by atoms with Gasteiger partial charge < -0.3 is 0 Å². The average molecular weight is 208 g/mol. The molecule has 2 nitrogen and oxygen atoms in total. The van der Waals surface area contributed by atoms with Crippen molar-refractivity contribution in [2.24, 2.45) is 15.9 Å². The van der Waals surface area contributed by atoms with Crippen molar-refractivity contribution in [2.75, 3.05) is 0 Å². The molecule has 1 aliphatic heterocycles. The molecular weight excluding hydrogens is 192 g/mol. The Morgan fingerprint density at radius 2 is 2.21 bits per heavy atom. The highest BCUT2D eigenvalue weighted by atomic mass is 32.2. The van der Waals surface area contributed by atoms with Crippen LogP contribution in [0.25, 0.3) is 0 Å². The van der Waals surface area contributed by atoms with Gasteiger partial charge in [-0.05, 0) is 18.4 Å². The Kier molecular flexibility index (Phi) is 4.14. The van der Waals surface area contributed by atoms with Crippen molar-refractivity contribution in [1.82, 2.24) is 0 Å². The largest absolute Gasteiger partial charge is 0.279 e. The van der Waals surface area contributed by atoms with Gasteiger partial charge in [-0.25, -0.2) is 4.99 Å². The van der Waals surface area contributed by atoms with E-state index in [-0.39, 0.29) is 6.04 Å². The number of thioether (sulfide) groups is 1. The van der Waals surface area contributed by atoms with Crippen LogP contribution in [0.3, 0.4) is 0 Å². The molecule has 1 rings (SSSR count). The van der Waals surface area contributed by atoms with Gasteiger partial charge in [0.15, 0.2) is 0 Å². The lowest BCUT2D eigenvalue weighted by Gasteiger charge is -2.06. The van der Waals surface area contributed by atoms with Gasteiger partial charge in [-0.1, -0.05) is 38.3 Å². The van der Waals surface area contributed by atoms with Gasteiger partial charge in [-0.3, -0.25) is 4.99 Å². The summed E-state index contributed by atoms with van der Waals surface area (Å²) in [4.78, 5) is 8.61. The molecule has 0 amide bonds. The molecule has 76 valence electrons. The smallest absolute Gasteiger partial charge is 0.0944 e. The fourth-order valence-corrected chi connectivity index (χ4v) is 1.56. The summed E-state index contributed by atoms with van der Waals surface area (Å²) < 4.78 is 0. The van der Waals surface area contributed by atoms with E-state index in [9.17, 15) is 0 Å². The van der Waals surface area contributed by atoms with Crippen LogP contribution in [0.2, 0.25) is 0 Å². The van der Waals surface area contributed by atoms with Gasteiger partial charge in [0.1, 0.15) is 0 Å². The summed E-state index contributed by atoms with van der Waals surface area (Å²) >= 11 is 1.47. The number of allylic oxidation sites excluding steroid dienone is 1. The van der Waals surface area contributed by atoms with Crippen LogP contribution in [-0.4, -0.2) is 17.8 Å². The fourth-order valence-electron chi connectivity index (χ4n) is 1.07. The van der Waals surface area contributed by atoms with E-state index < -0.39 is 0 Å². The van der Waals surface area contributed by atoms with Crippen molar-refractivity contribution in [3.8, 4) is 0 Å². The molecule has 0 radical (unpaired) electrons. The Bertz CT molecular complexity index is 300. The molecule has 1 aliphatic rings. The van der Waals surface area contributed by atoms with Crippen LogP contribution in [0.15, 0.2) is 33.2 Å². The number of nitrogens with zero attached hydrogens (tertiary/aromatic N) is 2. The molecule has 3 heteroatoms. The summed E-state index contributed by atoms with van der Waals surface area (Å²) in [5, 5.41) is 0.786. The van der Waals surface area contributed by atoms with Crippen molar-refractivity contribution in [2.45, 2.75) is 26.8 Å². The molecule has 1 atom stereocenters. The molecule has 0 saturated heterocycles. The topological polar surface area (TPSA) is 24.7 Å². The Hall–Kier alpha value is -0.830. The zero-order valence-electron chi connectivity index (χ0n) is 8.90. The Morgan fingerprint density at radius 3 is 2.86 bits per heavy atom. The predicted octanol–water partition coefficient (Wildman–Crippen LogP) is 3.27. The number of aliphatic imine (C=N–C) groups is 2. The quantitative estimate of drug-likeness (QED) is 0.649. The molecule has 0 aromatic carbocycles. The zero-order valence-corrected chi connectivity index (χ0v) is 9.71. The molecule has 0 saturated carbocycles. The first-order chi connectivity index (χ1) is 6.59. The Morgan fingerprint density at radius 1 is 1.50 bits per heavy atom. The average Bonchev–Trinajstić information content (AvgIpc) is 2.17. The van der Waals surface area contributed by atoms with E-state index in [1.54, 1.807) is 0 Å². The monoisotopic (exact) mass is 208 g/mol. The van der Waals surface area contributed by atoms with E-state index in [1.165, 1.54) is 17.3 Å². The van der Waals surface area contributed by atoms with E-state index >= 15 is 0 Å². The van der Waals surface area contributed by atoms with E-state index in [0.29, 0.717) is 5.92 Å². The van der Waals surface area contributed by atoms with E-state index in [0.717, 1.165) is 5.03 Å². The van der Waals surface area contributed by atoms with Crippen LogP contribution in [-0.2, 0) is 0 Å². The number of hydrogen-bond donors (Lipinski definition) is 0. The van der Waals surface area contributed by atoms with Crippen molar-refractivity contribution < 1.29 is 0 Å². The highest BCUT2D eigenvalue weighted by Crippen LogP contribution is 2.17. The van der Waals surface area contributed by atoms with Crippen molar-refractivity contribution in [3.05, 3.63) is 23.3 Å². The van der Waals surface area contributed by atoms with Crippen LogP contribution in [0.4, 0.5) is 0 Å². The first-order valence-corrected chi connectivity index (χ1v) is 5.60. The van der Waals surface area contributed by atoms with Crippen molar-refractivity contribution in [1.29, 1.82) is 0 Å². The molecule has 0 bridgehead atoms. The summed E-state index contributed by atoms with van der Waals surface area (Å²) in [5.41, 5.74) is 3.03. The SMILES string of the molecule is C=C1N=C/C(C(C)C)=C\C(C)N=CS1. The van der Waals surface area contributed by atoms with Gasteiger partial charge in [0.05, 0.1) is 16.6 Å². The summed E-state index contributed by atoms with van der Waals surface area (Å²) in [6.45, 7) is 10.2. The first kappa shape index (κ1) is 11.2. The van der Waals surface area contributed by atoms with Crippen LogP contribution in [0.5, 0.6) is 0 Å². The minimum Gasteiger partial charge on any atom is -0.279 e. The molecule has 0 spiro atoms. The van der Waals surface area contributed by atoms with E-state index in [2.05, 4.69) is 43.4 Å². The second kappa shape index (κ2) is 5.15. The van der Waals surface area contributed by atoms with Crippen molar-refractivity contribution in [3.63, 3.8) is 0 Å². The minimum atomic E-state index is 0.220. The lowest BCUT2D eigenvalue weighted by atomic mass is 10.0. The maximum atomic E-state index is 4.35. The van der Waals surface area contributed by atoms with Crippen LogP contribution in [0, 0.1) is 5.92 Å². The van der Waals surface area contributed by atoms with Gasteiger partial charge in [-0.2, -0.15) is 0 Å². The summed E-state index contributed by atoms with van der Waals surface area (Å²) in [6, 6.07) is 0.220. The molecule has 1 unspecified atom stereocenters. The molecule has 0 aromatic rings.